The summed E-state index contributed by atoms with van der Waals surface area (Å²) in [6.07, 6.45) is -4.71. The van der Waals surface area contributed by atoms with Gasteiger partial charge in [-0.3, -0.25) is 18.9 Å². The zero-order valence-corrected chi connectivity index (χ0v) is 35.9. The van der Waals surface area contributed by atoms with Crippen molar-refractivity contribution in [1.82, 2.24) is 29.9 Å². The second-order valence-corrected chi connectivity index (χ2v) is 20.4. The van der Waals surface area contributed by atoms with Crippen molar-refractivity contribution in [3.8, 4) is 23.0 Å². The summed E-state index contributed by atoms with van der Waals surface area (Å²) in [5, 5.41) is 10.7. The lowest BCUT2D eigenvalue weighted by atomic mass is 9.93. The molecule has 3 aliphatic rings. The normalized spacial score (nSPS) is 17.4. The Morgan fingerprint density at radius 1 is 1.06 bits per heavy atom. The molecule has 1 amide bonds. The van der Waals surface area contributed by atoms with Crippen LogP contribution in [0.4, 0.5) is 36.6 Å². The van der Waals surface area contributed by atoms with Gasteiger partial charge in [0, 0.05) is 35.4 Å². The van der Waals surface area contributed by atoms with Crippen LogP contribution in [0.5, 0.6) is 0 Å². The van der Waals surface area contributed by atoms with Crippen LogP contribution in [0, 0.1) is 23.5 Å². The Labute approximate surface area is 363 Å². The molecule has 4 heterocycles. The first-order valence-electron chi connectivity index (χ1n) is 19.5. The highest BCUT2D eigenvalue weighted by Crippen LogP contribution is 2.47. The van der Waals surface area contributed by atoms with Crippen molar-refractivity contribution >= 4 is 55.1 Å². The minimum atomic E-state index is -5.10. The monoisotopic (exact) mass is 939 g/mol. The molecule has 8 rings (SSSR count). The number of carbonyl (C=O) groups excluding carboxylic acids is 1. The van der Waals surface area contributed by atoms with Crippen molar-refractivity contribution in [3.05, 3.63) is 93.0 Å². The van der Waals surface area contributed by atoms with E-state index >= 15 is 8.78 Å². The molecule has 1 saturated heterocycles. The highest BCUT2D eigenvalue weighted by molar-refractivity contribution is 7.93. The summed E-state index contributed by atoms with van der Waals surface area (Å²) in [6, 6.07) is 7.01. The van der Waals surface area contributed by atoms with Crippen LogP contribution in [0.15, 0.2) is 42.5 Å². The van der Waals surface area contributed by atoms with E-state index in [0.29, 0.717) is 40.1 Å². The summed E-state index contributed by atoms with van der Waals surface area (Å²) in [6.45, 7) is 2.27. The van der Waals surface area contributed by atoms with Gasteiger partial charge in [0.05, 0.1) is 52.2 Å². The van der Waals surface area contributed by atoms with Crippen LogP contribution in [0.1, 0.15) is 79.1 Å². The molecule has 2 aliphatic carbocycles. The van der Waals surface area contributed by atoms with Crippen LogP contribution in [0.2, 0.25) is 5.02 Å². The number of sulfone groups is 1. The number of ether oxygens (including phenoxy) is 1. The van der Waals surface area contributed by atoms with Gasteiger partial charge in [0.15, 0.2) is 21.3 Å². The number of nitrogens with one attached hydrogen (secondary N) is 2. The predicted octanol–water partition coefficient (Wildman–Crippen LogP) is 7.37. The predicted molar refractivity (Wildman–Crippen MR) is 219 cm³/mol. The molecule has 1 unspecified atom stereocenters. The van der Waals surface area contributed by atoms with E-state index in [0.717, 1.165) is 12.1 Å². The Balaban J connectivity index is 1.31. The molecule has 5 aromatic rings. The Kier molecular flexibility index (Phi) is 11.5. The lowest BCUT2D eigenvalue weighted by molar-refractivity contribution is -0.142. The summed E-state index contributed by atoms with van der Waals surface area (Å²) < 4.78 is 149. The van der Waals surface area contributed by atoms with E-state index in [1.165, 1.54) is 32.2 Å². The minimum Gasteiger partial charge on any atom is -0.377 e. The van der Waals surface area contributed by atoms with Crippen molar-refractivity contribution in [2.24, 2.45) is 0 Å². The average molecular weight is 940 g/mol. The smallest absolute Gasteiger partial charge is 0.377 e. The second-order valence-electron chi connectivity index (χ2n) is 16.1. The van der Waals surface area contributed by atoms with Crippen LogP contribution >= 0.6 is 11.6 Å². The summed E-state index contributed by atoms with van der Waals surface area (Å²) in [4.78, 5) is 18.9. The van der Waals surface area contributed by atoms with Gasteiger partial charge >= 0.3 is 6.18 Å². The van der Waals surface area contributed by atoms with Gasteiger partial charge in [0.25, 0.3) is 5.92 Å². The van der Waals surface area contributed by atoms with Crippen LogP contribution in [-0.4, -0.2) is 72.5 Å². The molecule has 2 fully saturated rings. The second kappa shape index (κ2) is 16.2. The Hall–Kier alpha value is -5.04. The fourth-order valence-corrected chi connectivity index (χ4v) is 10.3. The molecule has 0 spiro atoms. The summed E-state index contributed by atoms with van der Waals surface area (Å²) in [5.74, 6) is -1.03. The summed E-state index contributed by atoms with van der Waals surface area (Å²) >= 11 is 6.77. The van der Waals surface area contributed by atoms with Gasteiger partial charge in [-0.15, -0.1) is 0 Å². The first-order valence-corrected chi connectivity index (χ1v) is 23.0. The first-order chi connectivity index (χ1) is 29.5. The van der Waals surface area contributed by atoms with E-state index in [1.807, 2.05) is 0 Å². The van der Waals surface area contributed by atoms with Crippen molar-refractivity contribution in [2.45, 2.75) is 86.7 Å². The number of hydrogen-bond donors (Lipinski definition) is 2. The third-order valence-electron chi connectivity index (χ3n) is 11.1. The molecule has 2 atom stereocenters. The van der Waals surface area contributed by atoms with Gasteiger partial charge in [-0.25, -0.2) is 26.4 Å². The number of aromatic nitrogens is 5. The SMILES string of the molecule is CS(=O)Nc1nn(C2COC2)c2c(-c3ccc(C#CC(C)(C)S(=O)(=O)C4CC4)nc3[C@H](Cc3cc(F)cc(F)c3)NC(=O)Cn3nc(C(F)(F)F)c4c3C(F)(F)CC4)ccc(Cl)c12. The van der Waals surface area contributed by atoms with E-state index in [1.54, 1.807) is 16.8 Å². The van der Waals surface area contributed by atoms with Crippen LogP contribution in [0.3, 0.4) is 0 Å². The van der Waals surface area contributed by atoms with Crippen LogP contribution in [0.25, 0.3) is 22.0 Å². The number of pyridine rings is 1. The largest absolute Gasteiger partial charge is 0.435 e. The van der Waals surface area contributed by atoms with Gasteiger partial charge < -0.3 is 10.1 Å². The number of nitrogens with zero attached hydrogens (tertiary/aromatic N) is 5. The number of fused-ring (bicyclic) bond motifs is 2. The molecule has 1 saturated carbocycles. The molecular formula is C41H37ClF7N7O5S2. The molecular weight excluding hydrogens is 903 g/mol. The molecule has 3 aromatic heterocycles. The molecule has 63 heavy (non-hydrogen) atoms. The zero-order valence-electron chi connectivity index (χ0n) is 33.5. The quantitative estimate of drug-likeness (QED) is 0.0974. The van der Waals surface area contributed by atoms with E-state index in [2.05, 4.69) is 32.1 Å². The van der Waals surface area contributed by atoms with Crippen molar-refractivity contribution < 1.29 is 52.9 Å². The van der Waals surface area contributed by atoms with E-state index in [-0.39, 0.29) is 52.6 Å². The molecule has 2 aromatic carbocycles. The molecule has 22 heteroatoms. The van der Waals surface area contributed by atoms with Gasteiger partial charge in [-0.2, -0.15) is 32.1 Å². The summed E-state index contributed by atoms with van der Waals surface area (Å²) in [5.41, 5.74) is -2.39. The molecule has 2 N–H and O–H groups in total. The fraction of sp³-hybridized carbons (Fsp3) is 0.415. The number of benzene rings is 2. The third-order valence-corrected chi connectivity index (χ3v) is 14.7. The number of anilines is 1. The summed E-state index contributed by atoms with van der Waals surface area (Å²) in [7, 11) is -5.31. The number of hydrogen-bond acceptors (Lipinski definition) is 8. The molecule has 334 valence electrons. The highest BCUT2D eigenvalue weighted by Gasteiger charge is 2.50. The number of amides is 1. The van der Waals surface area contributed by atoms with Gasteiger partial charge in [0.1, 0.15) is 45.3 Å². The minimum absolute atomic E-state index is 0.00769. The highest BCUT2D eigenvalue weighted by atomic mass is 35.5. The maximum atomic E-state index is 15.1. The maximum absolute atomic E-state index is 15.1. The molecule has 0 bridgehead atoms. The Bertz CT molecular complexity index is 2860. The lowest BCUT2D eigenvalue weighted by Gasteiger charge is -2.28. The number of carbonyl (C=O) groups is 1. The van der Waals surface area contributed by atoms with Crippen molar-refractivity contribution in [1.29, 1.82) is 0 Å². The maximum Gasteiger partial charge on any atom is 0.435 e. The Morgan fingerprint density at radius 3 is 2.37 bits per heavy atom. The molecule has 1 aliphatic heterocycles. The van der Waals surface area contributed by atoms with E-state index in [4.69, 9.17) is 21.3 Å². The fourth-order valence-electron chi connectivity index (χ4n) is 7.85. The standard InChI is InChI=1S/C41H37ClF7N7O5S2/c1-39(2,63(59,60)26-5-6-26)12-10-24-4-7-27(28-8-9-30(42)33-35(28)56(25-19-61-20-25)53-38(33)54-62(3)58)34(50-24)31(16-21-14-22(43)17-23(44)15-21)51-32(57)18-55-37-29(11-13-40(37,45)46)36(52-55)41(47,48)49/h4,7-9,14-15,17,25-26,31H,5-6,11,13,16,18-20H2,1-3H3,(H,51,57)(H,53,54)/t31-,62?/m0/s1. The first kappa shape index (κ1) is 44.6. The van der Waals surface area contributed by atoms with Crippen LogP contribution in [-0.2, 0) is 61.8 Å². The average Bonchev–Trinajstić information content (AvgIpc) is 3.77. The topological polar surface area (TPSA) is 150 Å². The number of alkyl halides is 5. The zero-order chi connectivity index (χ0) is 45.4. The van der Waals surface area contributed by atoms with E-state index < -0.39 is 109 Å². The number of rotatable bonds is 12. The van der Waals surface area contributed by atoms with Crippen LogP contribution < -0.4 is 10.0 Å². The number of halogens is 8. The van der Waals surface area contributed by atoms with E-state index in [9.17, 15) is 39.4 Å². The molecule has 0 radical (unpaired) electrons. The third kappa shape index (κ3) is 8.66. The lowest BCUT2D eigenvalue weighted by Crippen LogP contribution is -2.35. The van der Waals surface area contributed by atoms with Gasteiger partial charge in [-0.05, 0) is 81.3 Å². The van der Waals surface area contributed by atoms with Gasteiger partial charge in [0.2, 0.25) is 5.91 Å². The van der Waals surface area contributed by atoms with Gasteiger partial charge in [-0.1, -0.05) is 23.6 Å². The van der Waals surface area contributed by atoms with Crippen molar-refractivity contribution in [2.75, 3.05) is 24.2 Å². The Morgan fingerprint density at radius 2 is 1.75 bits per heavy atom. The molecule has 12 nitrogen and oxygen atoms in total. The van der Waals surface area contributed by atoms with Crippen molar-refractivity contribution in [3.63, 3.8) is 0 Å².